The van der Waals surface area contributed by atoms with Crippen LogP contribution >= 0.6 is 22.9 Å². The summed E-state index contributed by atoms with van der Waals surface area (Å²) in [6.07, 6.45) is 1.92. The smallest absolute Gasteiger partial charge is 0.266 e. The molecule has 1 amide bonds. The second kappa shape index (κ2) is 6.73. The largest absolute Gasteiger partial charge is 0.321 e. The Hall–Kier alpha value is -1.84. The van der Waals surface area contributed by atoms with Gasteiger partial charge in [-0.05, 0) is 48.1 Å². The van der Waals surface area contributed by atoms with Crippen LogP contribution in [-0.4, -0.2) is 5.91 Å². The van der Waals surface area contributed by atoms with Crippen LogP contribution in [0.1, 0.15) is 34.1 Å². The van der Waals surface area contributed by atoms with Crippen molar-refractivity contribution in [2.45, 2.75) is 26.7 Å². The number of thiophene rings is 1. The van der Waals surface area contributed by atoms with Gasteiger partial charge in [-0.25, -0.2) is 0 Å². The lowest BCUT2D eigenvalue weighted by Crippen LogP contribution is -2.13. The number of carbonyl (C=O) groups is 1. The second-order valence-electron chi connectivity index (χ2n) is 5.57. The standard InChI is InChI=1S/C19H18ClNOS/c1-3-6-15-14-7-4-5-8-17(14)23-18(15)19(22)21-16-11-13(20)10-9-12(16)2/h4-5,7-11H,3,6H2,1-2H3,(H,21,22). The van der Waals surface area contributed by atoms with E-state index in [-0.39, 0.29) is 5.91 Å². The molecule has 0 saturated carbocycles. The van der Waals surface area contributed by atoms with Crippen molar-refractivity contribution in [1.82, 2.24) is 0 Å². The molecule has 0 bridgehead atoms. The highest BCUT2D eigenvalue weighted by molar-refractivity contribution is 7.21. The van der Waals surface area contributed by atoms with Gasteiger partial charge >= 0.3 is 0 Å². The van der Waals surface area contributed by atoms with Crippen LogP contribution in [0, 0.1) is 6.92 Å². The number of halogens is 1. The molecule has 3 aromatic rings. The number of anilines is 1. The minimum atomic E-state index is -0.0555. The molecule has 4 heteroatoms. The van der Waals surface area contributed by atoms with Gasteiger partial charge in [0.25, 0.3) is 5.91 Å². The van der Waals surface area contributed by atoms with Crippen LogP contribution in [0.2, 0.25) is 5.02 Å². The lowest BCUT2D eigenvalue weighted by atomic mass is 10.1. The van der Waals surface area contributed by atoms with E-state index in [1.54, 1.807) is 17.4 Å². The Bertz CT molecular complexity index is 869. The van der Waals surface area contributed by atoms with E-state index in [4.69, 9.17) is 11.6 Å². The van der Waals surface area contributed by atoms with Crippen molar-refractivity contribution in [1.29, 1.82) is 0 Å². The Morgan fingerprint density at radius 2 is 2.00 bits per heavy atom. The van der Waals surface area contributed by atoms with E-state index in [2.05, 4.69) is 24.4 Å². The van der Waals surface area contributed by atoms with Crippen LogP contribution < -0.4 is 5.32 Å². The highest BCUT2D eigenvalue weighted by Gasteiger charge is 2.18. The van der Waals surface area contributed by atoms with E-state index in [9.17, 15) is 4.79 Å². The molecule has 2 nitrogen and oxygen atoms in total. The second-order valence-corrected chi connectivity index (χ2v) is 7.06. The third-order valence-corrected chi connectivity index (χ3v) is 5.30. The average Bonchev–Trinajstić information content (AvgIpc) is 2.90. The van der Waals surface area contributed by atoms with Crippen molar-refractivity contribution in [3.63, 3.8) is 0 Å². The molecule has 118 valence electrons. The molecular formula is C19H18ClNOS. The normalized spacial score (nSPS) is 10.9. The zero-order valence-electron chi connectivity index (χ0n) is 13.2. The van der Waals surface area contributed by atoms with Gasteiger partial charge in [-0.3, -0.25) is 4.79 Å². The molecule has 23 heavy (non-hydrogen) atoms. The van der Waals surface area contributed by atoms with Crippen LogP contribution in [0.5, 0.6) is 0 Å². The summed E-state index contributed by atoms with van der Waals surface area (Å²) in [6, 6.07) is 13.7. The quantitative estimate of drug-likeness (QED) is 0.612. The summed E-state index contributed by atoms with van der Waals surface area (Å²) in [5, 5.41) is 4.82. The maximum absolute atomic E-state index is 12.8. The fourth-order valence-corrected chi connectivity index (χ4v) is 4.01. The number of hydrogen-bond donors (Lipinski definition) is 1. The molecule has 1 N–H and O–H groups in total. The predicted octanol–water partition coefficient (Wildman–Crippen LogP) is 6.07. The van der Waals surface area contributed by atoms with E-state index in [1.807, 2.05) is 31.2 Å². The number of hydrogen-bond acceptors (Lipinski definition) is 2. The summed E-state index contributed by atoms with van der Waals surface area (Å²) in [4.78, 5) is 13.6. The number of carbonyl (C=O) groups excluding carboxylic acids is 1. The van der Waals surface area contributed by atoms with E-state index < -0.39 is 0 Å². The van der Waals surface area contributed by atoms with Gasteiger partial charge < -0.3 is 5.32 Å². The van der Waals surface area contributed by atoms with Gasteiger partial charge in [0.05, 0.1) is 4.88 Å². The monoisotopic (exact) mass is 343 g/mol. The molecule has 0 saturated heterocycles. The molecular weight excluding hydrogens is 326 g/mol. The van der Waals surface area contributed by atoms with Gasteiger partial charge in [-0.2, -0.15) is 0 Å². The molecule has 0 aliphatic carbocycles. The van der Waals surface area contributed by atoms with Crippen LogP contribution in [0.4, 0.5) is 5.69 Å². The topological polar surface area (TPSA) is 29.1 Å². The van der Waals surface area contributed by atoms with Crippen molar-refractivity contribution in [3.05, 3.63) is 63.5 Å². The van der Waals surface area contributed by atoms with E-state index in [0.717, 1.165) is 39.2 Å². The van der Waals surface area contributed by atoms with Gasteiger partial charge in [0, 0.05) is 15.4 Å². The van der Waals surface area contributed by atoms with E-state index >= 15 is 0 Å². The molecule has 0 aliphatic rings. The predicted molar refractivity (Wildman–Crippen MR) is 100.0 cm³/mol. The first-order chi connectivity index (χ1) is 11.1. The summed E-state index contributed by atoms with van der Waals surface area (Å²) in [5.41, 5.74) is 2.91. The maximum Gasteiger partial charge on any atom is 0.266 e. The zero-order valence-corrected chi connectivity index (χ0v) is 14.7. The van der Waals surface area contributed by atoms with Gasteiger partial charge in [-0.15, -0.1) is 11.3 Å². The first-order valence-electron chi connectivity index (χ1n) is 7.68. The van der Waals surface area contributed by atoms with Crippen molar-refractivity contribution in [3.8, 4) is 0 Å². The van der Waals surface area contributed by atoms with Crippen LogP contribution in [0.15, 0.2) is 42.5 Å². The SMILES string of the molecule is CCCc1c(C(=O)Nc2cc(Cl)ccc2C)sc2ccccc12. The molecule has 1 aromatic heterocycles. The fraction of sp³-hybridized carbons (Fsp3) is 0.211. The van der Waals surface area contributed by atoms with Gasteiger partial charge in [0.2, 0.25) is 0 Å². The van der Waals surface area contributed by atoms with E-state index in [1.165, 1.54) is 5.39 Å². The average molecular weight is 344 g/mol. The van der Waals surface area contributed by atoms with Crippen LogP contribution in [0.25, 0.3) is 10.1 Å². The molecule has 0 unspecified atom stereocenters. The molecule has 0 spiro atoms. The van der Waals surface area contributed by atoms with Crippen LogP contribution in [-0.2, 0) is 6.42 Å². The third kappa shape index (κ3) is 3.26. The molecule has 3 rings (SSSR count). The number of amides is 1. The van der Waals surface area contributed by atoms with Gasteiger partial charge in [-0.1, -0.05) is 49.2 Å². The number of aryl methyl sites for hydroxylation is 2. The summed E-state index contributed by atoms with van der Waals surface area (Å²) < 4.78 is 1.16. The number of rotatable bonds is 4. The molecule has 2 aromatic carbocycles. The number of fused-ring (bicyclic) bond motifs is 1. The number of nitrogens with one attached hydrogen (secondary N) is 1. The summed E-state index contributed by atoms with van der Waals surface area (Å²) in [7, 11) is 0. The first kappa shape index (κ1) is 16.0. The minimum Gasteiger partial charge on any atom is -0.321 e. The maximum atomic E-state index is 12.8. The molecule has 1 heterocycles. The molecule has 0 radical (unpaired) electrons. The third-order valence-electron chi connectivity index (χ3n) is 3.85. The highest BCUT2D eigenvalue weighted by atomic mass is 35.5. The summed E-state index contributed by atoms with van der Waals surface area (Å²) in [5.74, 6) is -0.0555. The first-order valence-corrected chi connectivity index (χ1v) is 8.87. The van der Waals surface area contributed by atoms with Crippen molar-refractivity contribution < 1.29 is 4.79 Å². The Kier molecular flexibility index (Phi) is 4.69. The lowest BCUT2D eigenvalue weighted by molar-refractivity contribution is 0.102. The lowest BCUT2D eigenvalue weighted by Gasteiger charge is -2.09. The Labute approximate surface area is 145 Å². The zero-order chi connectivity index (χ0) is 16.4. The summed E-state index contributed by atoms with van der Waals surface area (Å²) >= 11 is 7.60. The molecule has 0 atom stereocenters. The van der Waals surface area contributed by atoms with Crippen molar-refractivity contribution >= 4 is 44.6 Å². The van der Waals surface area contributed by atoms with Crippen LogP contribution in [0.3, 0.4) is 0 Å². The van der Waals surface area contributed by atoms with E-state index in [0.29, 0.717) is 5.02 Å². The number of benzene rings is 2. The fourth-order valence-electron chi connectivity index (χ4n) is 2.69. The van der Waals surface area contributed by atoms with Crippen molar-refractivity contribution in [2.75, 3.05) is 5.32 Å². The van der Waals surface area contributed by atoms with Gasteiger partial charge in [0.15, 0.2) is 0 Å². The van der Waals surface area contributed by atoms with Crippen molar-refractivity contribution in [2.24, 2.45) is 0 Å². The Balaban J connectivity index is 2.00. The minimum absolute atomic E-state index is 0.0555. The Morgan fingerprint density at radius 3 is 2.78 bits per heavy atom. The molecule has 0 fully saturated rings. The Morgan fingerprint density at radius 1 is 1.22 bits per heavy atom. The summed E-state index contributed by atoms with van der Waals surface area (Å²) in [6.45, 7) is 4.10. The van der Waals surface area contributed by atoms with Gasteiger partial charge in [0.1, 0.15) is 0 Å². The molecule has 0 aliphatic heterocycles. The highest BCUT2D eigenvalue weighted by Crippen LogP contribution is 2.33.